The molecule has 3 rings (SSSR count). The molecular formula is C10H13N5O. The number of hydrogen-bond acceptors (Lipinski definition) is 5. The fourth-order valence-corrected chi connectivity index (χ4v) is 1.63. The van der Waals surface area contributed by atoms with Crippen molar-refractivity contribution >= 4 is 0 Å². The lowest BCUT2D eigenvalue weighted by Crippen LogP contribution is -2.14. The monoisotopic (exact) mass is 219 g/mol. The zero-order chi connectivity index (χ0) is 11.0. The molecule has 0 unspecified atom stereocenters. The molecule has 0 amide bonds. The molecule has 1 aliphatic carbocycles. The van der Waals surface area contributed by atoms with E-state index in [-0.39, 0.29) is 6.04 Å². The van der Waals surface area contributed by atoms with Crippen LogP contribution in [-0.2, 0) is 6.42 Å². The lowest BCUT2D eigenvalue weighted by Gasteiger charge is -2.03. The Kier molecular flexibility index (Phi) is 2.21. The van der Waals surface area contributed by atoms with E-state index in [1.807, 2.05) is 0 Å². The average molecular weight is 219 g/mol. The summed E-state index contributed by atoms with van der Waals surface area (Å²) in [5, 5.41) is 3.94. The Labute approximate surface area is 92.3 Å². The van der Waals surface area contributed by atoms with Crippen LogP contribution < -0.4 is 5.73 Å². The molecule has 16 heavy (non-hydrogen) atoms. The predicted molar refractivity (Wildman–Crippen MR) is 55.5 cm³/mol. The van der Waals surface area contributed by atoms with Gasteiger partial charge in [-0.05, 0) is 12.8 Å². The highest BCUT2D eigenvalue weighted by molar-refractivity contribution is 5.06. The van der Waals surface area contributed by atoms with Gasteiger partial charge in [0.05, 0.1) is 12.4 Å². The van der Waals surface area contributed by atoms with Gasteiger partial charge in [0.2, 0.25) is 5.89 Å². The molecule has 84 valence electrons. The van der Waals surface area contributed by atoms with Crippen LogP contribution in [0.3, 0.4) is 0 Å². The van der Waals surface area contributed by atoms with Crippen LogP contribution in [0, 0.1) is 0 Å². The molecule has 0 radical (unpaired) electrons. The van der Waals surface area contributed by atoms with E-state index in [9.17, 15) is 0 Å². The number of H-pyrrole nitrogens is 1. The number of nitrogens with one attached hydrogen (secondary N) is 1. The molecule has 3 N–H and O–H groups in total. The molecule has 0 spiro atoms. The highest BCUT2D eigenvalue weighted by atomic mass is 16.5. The highest BCUT2D eigenvalue weighted by Crippen LogP contribution is 2.38. The van der Waals surface area contributed by atoms with E-state index in [1.54, 1.807) is 12.5 Å². The first kappa shape index (κ1) is 9.53. The summed E-state index contributed by atoms with van der Waals surface area (Å²) in [4.78, 5) is 11.2. The van der Waals surface area contributed by atoms with Crippen molar-refractivity contribution in [2.45, 2.75) is 31.2 Å². The summed E-state index contributed by atoms with van der Waals surface area (Å²) in [5.41, 5.74) is 6.95. The Hall–Kier alpha value is -1.69. The van der Waals surface area contributed by atoms with Crippen LogP contribution in [0.25, 0.3) is 0 Å². The van der Waals surface area contributed by atoms with Gasteiger partial charge in [-0.1, -0.05) is 5.16 Å². The fourth-order valence-electron chi connectivity index (χ4n) is 1.63. The number of nitrogens with zero attached hydrogens (tertiary/aromatic N) is 3. The second-order valence-electron chi connectivity index (χ2n) is 4.15. The van der Waals surface area contributed by atoms with Crippen LogP contribution in [-0.4, -0.2) is 20.1 Å². The lowest BCUT2D eigenvalue weighted by molar-refractivity contribution is 0.349. The highest BCUT2D eigenvalue weighted by Gasteiger charge is 2.29. The molecule has 2 heterocycles. The second-order valence-corrected chi connectivity index (χ2v) is 4.15. The van der Waals surface area contributed by atoms with Gasteiger partial charge in [0.25, 0.3) is 0 Å². The lowest BCUT2D eigenvalue weighted by atomic mass is 10.2. The third-order valence-electron chi connectivity index (χ3n) is 2.71. The molecule has 1 fully saturated rings. The molecule has 2 aromatic rings. The first-order valence-corrected chi connectivity index (χ1v) is 5.39. The van der Waals surface area contributed by atoms with E-state index in [4.69, 9.17) is 10.3 Å². The summed E-state index contributed by atoms with van der Waals surface area (Å²) in [7, 11) is 0. The molecule has 1 atom stereocenters. The maximum Gasteiger partial charge on any atom is 0.243 e. The summed E-state index contributed by atoms with van der Waals surface area (Å²) in [6.45, 7) is 0. The quantitative estimate of drug-likeness (QED) is 0.797. The molecular weight excluding hydrogens is 206 g/mol. The van der Waals surface area contributed by atoms with Crippen LogP contribution in [0.15, 0.2) is 17.0 Å². The minimum Gasteiger partial charge on any atom is -0.348 e. The molecule has 6 nitrogen and oxygen atoms in total. The van der Waals surface area contributed by atoms with Gasteiger partial charge in [-0.25, -0.2) is 4.98 Å². The molecule has 6 heteroatoms. The summed E-state index contributed by atoms with van der Waals surface area (Å²) in [5.74, 6) is 1.81. The third kappa shape index (κ3) is 1.83. The van der Waals surface area contributed by atoms with Crippen molar-refractivity contribution < 1.29 is 4.52 Å². The standard InChI is InChI=1S/C10H13N5O/c11-8(3-7-4-12-5-13-7)10-14-9(15-16-10)6-1-2-6/h4-6,8H,1-3,11H2,(H,12,13)/t8-/m0/s1. The van der Waals surface area contributed by atoms with Crippen LogP contribution in [0.2, 0.25) is 0 Å². The topological polar surface area (TPSA) is 93.6 Å². The summed E-state index contributed by atoms with van der Waals surface area (Å²) < 4.78 is 5.16. The van der Waals surface area contributed by atoms with Crippen molar-refractivity contribution in [2.75, 3.05) is 0 Å². The van der Waals surface area contributed by atoms with Crippen LogP contribution in [0.1, 0.15) is 42.2 Å². The maximum atomic E-state index is 5.98. The zero-order valence-electron chi connectivity index (χ0n) is 8.76. The van der Waals surface area contributed by atoms with Crippen molar-refractivity contribution in [3.05, 3.63) is 29.9 Å². The molecule has 0 aliphatic heterocycles. The Morgan fingerprint density at radius 1 is 1.56 bits per heavy atom. The molecule has 2 aromatic heterocycles. The van der Waals surface area contributed by atoms with E-state index in [1.165, 1.54) is 0 Å². The van der Waals surface area contributed by atoms with Gasteiger partial charge in [-0.15, -0.1) is 0 Å². The van der Waals surface area contributed by atoms with E-state index in [2.05, 4.69) is 20.1 Å². The number of rotatable bonds is 4. The number of imidazole rings is 1. The van der Waals surface area contributed by atoms with Gasteiger partial charge >= 0.3 is 0 Å². The van der Waals surface area contributed by atoms with Gasteiger partial charge in [-0.3, -0.25) is 0 Å². The first-order valence-electron chi connectivity index (χ1n) is 5.39. The Balaban J connectivity index is 1.70. The van der Waals surface area contributed by atoms with Gasteiger partial charge in [0.15, 0.2) is 5.82 Å². The normalized spacial score (nSPS) is 17.6. The second kappa shape index (κ2) is 3.71. The molecule has 1 saturated carbocycles. The van der Waals surface area contributed by atoms with Gasteiger partial charge < -0.3 is 15.2 Å². The van der Waals surface area contributed by atoms with Crippen molar-refractivity contribution in [1.82, 2.24) is 20.1 Å². The third-order valence-corrected chi connectivity index (χ3v) is 2.71. The van der Waals surface area contributed by atoms with Crippen molar-refractivity contribution in [1.29, 1.82) is 0 Å². The number of nitrogens with two attached hydrogens (primary N) is 1. The van der Waals surface area contributed by atoms with Crippen molar-refractivity contribution in [2.24, 2.45) is 5.73 Å². The minimum atomic E-state index is -0.263. The molecule has 0 aromatic carbocycles. The summed E-state index contributed by atoms with van der Waals surface area (Å²) in [6, 6.07) is -0.263. The maximum absolute atomic E-state index is 5.98. The number of aromatic amines is 1. The van der Waals surface area contributed by atoms with E-state index < -0.39 is 0 Å². The van der Waals surface area contributed by atoms with E-state index in [0.29, 0.717) is 18.2 Å². The smallest absolute Gasteiger partial charge is 0.243 e. The van der Waals surface area contributed by atoms with Crippen LogP contribution >= 0.6 is 0 Å². The summed E-state index contributed by atoms with van der Waals surface area (Å²) in [6.07, 6.45) is 6.33. The Morgan fingerprint density at radius 2 is 2.44 bits per heavy atom. The van der Waals surface area contributed by atoms with Crippen molar-refractivity contribution in [3.8, 4) is 0 Å². The van der Waals surface area contributed by atoms with E-state index >= 15 is 0 Å². The average Bonchev–Trinajstić information content (AvgIpc) is 2.82. The number of hydrogen-bond donors (Lipinski definition) is 2. The van der Waals surface area contributed by atoms with Crippen molar-refractivity contribution in [3.63, 3.8) is 0 Å². The van der Waals surface area contributed by atoms with Crippen LogP contribution in [0.4, 0.5) is 0 Å². The molecule has 0 saturated heterocycles. The van der Waals surface area contributed by atoms with Gasteiger partial charge in [0, 0.05) is 24.2 Å². The number of aromatic nitrogens is 4. The van der Waals surface area contributed by atoms with E-state index in [0.717, 1.165) is 24.4 Å². The largest absolute Gasteiger partial charge is 0.348 e. The zero-order valence-corrected chi connectivity index (χ0v) is 8.76. The Morgan fingerprint density at radius 3 is 3.12 bits per heavy atom. The minimum absolute atomic E-state index is 0.263. The van der Waals surface area contributed by atoms with Crippen LogP contribution in [0.5, 0.6) is 0 Å². The fraction of sp³-hybridized carbons (Fsp3) is 0.500. The predicted octanol–water partition coefficient (Wildman–Crippen LogP) is 0.913. The summed E-state index contributed by atoms with van der Waals surface area (Å²) >= 11 is 0. The van der Waals surface area contributed by atoms with Gasteiger partial charge in [-0.2, -0.15) is 4.98 Å². The molecule has 0 bridgehead atoms. The first-order chi connectivity index (χ1) is 7.83. The van der Waals surface area contributed by atoms with Gasteiger partial charge in [0.1, 0.15) is 0 Å². The Bertz CT molecular complexity index is 459. The molecule has 1 aliphatic rings. The SMILES string of the molecule is N[C@@H](Cc1cnc[nH]1)c1nc(C2CC2)no1.